The Bertz CT molecular complexity index is 1150. The van der Waals surface area contributed by atoms with Crippen LogP contribution in [0, 0.1) is 0 Å². The number of benzene rings is 1. The average Bonchev–Trinajstić information content (AvgIpc) is 3.12. The van der Waals surface area contributed by atoms with E-state index in [2.05, 4.69) is 66.4 Å². The van der Waals surface area contributed by atoms with Gasteiger partial charge in [0, 0.05) is 35.1 Å². The van der Waals surface area contributed by atoms with Gasteiger partial charge in [0.05, 0.1) is 0 Å². The first kappa shape index (κ1) is 19.3. The van der Waals surface area contributed by atoms with E-state index in [4.69, 9.17) is 9.72 Å². The van der Waals surface area contributed by atoms with Gasteiger partial charge < -0.3 is 8.97 Å². The SMILES string of the molecule is CC(C)(C)[Si](C)(C)n1ccc2cc(-c3ccccc3Oc3ncccn3)cnc21. The summed E-state index contributed by atoms with van der Waals surface area (Å²) in [7, 11) is -1.74. The zero-order valence-electron chi connectivity index (χ0n) is 17.5. The van der Waals surface area contributed by atoms with E-state index in [1.54, 1.807) is 18.5 Å². The minimum absolute atomic E-state index is 0.232. The van der Waals surface area contributed by atoms with E-state index in [0.717, 1.165) is 22.2 Å². The number of rotatable bonds is 4. The summed E-state index contributed by atoms with van der Waals surface area (Å²) >= 11 is 0. The van der Waals surface area contributed by atoms with Crippen molar-refractivity contribution in [3.63, 3.8) is 0 Å². The van der Waals surface area contributed by atoms with Crippen molar-refractivity contribution in [3.05, 3.63) is 67.3 Å². The fourth-order valence-electron chi connectivity index (χ4n) is 3.21. The molecule has 0 radical (unpaired) electrons. The van der Waals surface area contributed by atoms with Crippen LogP contribution < -0.4 is 4.74 Å². The molecule has 3 heterocycles. The van der Waals surface area contributed by atoms with E-state index < -0.39 is 8.24 Å². The fraction of sp³-hybridized carbons (Fsp3) is 0.261. The fourth-order valence-corrected chi connectivity index (χ4v) is 5.10. The molecule has 0 saturated carbocycles. The molecule has 0 N–H and O–H groups in total. The van der Waals surface area contributed by atoms with Crippen LogP contribution in [0.1, 0.15) is 20.8 Å². The van der Waals surface area contributed by atoms with E-state index in [9.17, 15) is 0 Å². The molecule has 0 fully saturated rings. The van der Waals surface area contributed by atoms with Crippen molar-refractivity contribution in [2.45, 2.75) is 38.9 Å². The van der Waals surface area contributed by atoms with Crippen LogP contribution in [0.3, 0.4) is 0 Å². The number of hydrogen-bond acceptors (Lipinski definition) is 4. The molecule has 148 valence electrons. The number of fused-ring (bicyclic) bond motifs is 1. The predicted octanol–water partition coefficient (Wildman–Crippen LogP) is 6.14. The van der Waals surface area contributed by atoms with Crippen LogP contribution in [0.4, 0.5) is 0 Å². The summed E-state index contributed by atoms with van der Waals surface area (Å²) in [6.07, 6.45) is 7.46. The summed E-state index contributed by atoms with van der Waals surface area (Å²) in [6.45, 7) is 11.7. The molecule has 4 rings (SSSR count). The lowest BCUT2D eigenvalue weighted by atomic mass is 10.1. The highest BCUT2D eigenvalue weighted by Gasteiger charge is 2.38. The smallest absolute Gasteiger partial charge is 0.321 e. The maximum absolute atomic E-state index is 5.93. The third-order valence-corrected chi connectivity index (χ3v) is 11.1. The molecule has 0 aliphatic heterocycles. The van der Waals surface area contributed by atoms with E-state index >= 15 is 0 Å². The number of pyridine rings is 1. The van der Waals surface area contributed by atoms with Gasteiger partial charge >= 0.3 is 6.01 Å². The molecule has 0 bridgehead atoms. The summed E-state index contributed by atoms with van der Waals surface area (Å²) in [5, 5.41) is 1.37. The Labute approximate surface area is 172 Å². The Balaban J connectivity index is 1.76. The predicted molar refractivity (Wildman–Crippen MR) is 120 cm³/mol. The van der Waals surface area contributed by atoms with Gasteiger partial charge in [-0.25, -0.2) is 15.0 Å². The van der Waals surface area contributed by atoms with E-state index in [0.29, 0.717) is 11.8 Å². The van der Waals surface area contributed by atoms with Crippen LogP contribution in [0.15, 0.2) is 67.3 Å². The van der Waals surface area contributed by atoms with Crippen molar-refractivity contribution >= 4 is 19.3 Å². The Morgan fingerprint density at radius 2 is 1.66 bits per heavy atom. The molecule has 0 aliphatic carbocycles. The standard InChI is InChI=1S/C23H26N4OSi/c1-23(2,3)29(4,5)27-14-11-17-15-18(16-26-21(17)27)19-9-6-7-10-20(19)28-22-24-12-8-13-25-22/h6-16H,1-5H3. The summed E-state index contributed by atoms with van der Waals surface area (Å²) in [5.41, 5.74) is 3.02. The highest BCUT2D eigenvalue weighted by atomic mass is 28.3. The molecular weight excluding hydrogens is 376 g/mol. The van der Waals surface area contributed by atoms with Gasteiger partial charge in [-0.1, -0.05) is 52.1 Å². The molecule has 6 heteroatoms. The van der Waals surface area contributed by atoms with Crippen LogP contribution in [0.5, 0.6) is 11.8 Å². The second-order valence-corrected chi connectivity index (χ2v) is 13.9. The first-order valence-electron chi connectivity index (χ1n) is 9.79. The molecule has 0 atom stereocenters. The molecule has 0 spiro atoms. The van der Waals surface area contributed by atoms with Crippen molar-refractivity contribution in [2.75, 3.05) is 0 Å². The molecule has 0 aliphatic rings. The van der Waals surface area contributed by atoms with Crippen LogP contribution in [-0.2, 0) is 0 Å². The van der Waals surface area contributed by atoms with Crippen LogP contribution >= 0.6 is 0 Å². The molecule has 0 saturated heterocycles. The number of para-hydroxylation sites is 1. The van der Waals surface area contributed by atoms with Gasteiger partial charge in [-0.15, -0.1) is 0 Å². The zero-order chi connectivity index (χ0) is 20.6. The van der Waals surface area contributed by atoms with Gasteiger partial charge in [0.2, 0.25) is 0 Å². The normalized spacial score (nSPS) is 12.3. The Morgan fingerprint density at radius 3 is 2.38 bits per heavy atom. The zero-order valence-corrected chi connectivity index (χ0v) is 18.5. The molecule has 3 aromatic heterocycles. The van der Waals surface area contributed by atoms with Crippen molar-refractivity contribution in [1.29, 1.82) is 0 Å². The summed E-state index contributed by atoms with van der Waals surface area (Å²) in [6, 6.07) is 14.3. The highest BCUT2D eigenvalue weighted by Crippen LogP contribution is 2.39. The van der Waals surface area contributed by atoms with Crippen LogP contribution in [0.25, 0.3) is 22.2 Å². The Morgan fingerprint density at radius 1 is 0.931 bits per heavy atom. The monoisotopic (exact) mass is 402 g/mol. The van der Waals surface area contributed by atoms with E-state index in [1.807, 2.05) is 30.5 Å². The van der Waals surface area contributed by atoms with Crippen LogP contribution in [-0.4, -0.2) is 27.4 Å². The van der Waals surface area contributed by atoms with Gasteiger partial charge in [-0.2, -0.15) is 0 Å². The first-order valence-corrected chi connectivity index (χ1v) is 12.7. The van der Waals surface area contributed by atoms with Gasteiger partial charge in [0.15, 0.2) is 8.24 Å². The molecule has 1 aromatic carbocycles. The summed E-state index contributed by atoms with van der Waals surface area (Å²) in [5.74, 6) is 0.712. The number of nitrogens with zero attached hydrogens (tertiary/aromatic N) is 4. The number of ether oxygens (including phenoxy) is 1. The molecule has 0 unspecified atom stereocenters. The van der Waals surface area contributed by atoms with Gasteiger partial charge in [0.25, 0.3) is 0 Å². The number of aromatic nitrogens is 4. The quantitative estimate of drug-likeness (QED) is 0.385. The number of hydrogen-bond donors (Lipinski definition) is 0. The third-order valence-electron chi connectivity index (χ3n) is 5.91. The van der Waals surface area contributed by atoms with Crippen molar-refractivity contribution < 1.29 is 4.74 Å². The van der Waals surface area contributed by atoms with Gasteiger partial charge in [0.1, 0.15) is 11.4 Å². The average molecular weight is 403 g/mol. The molecule has 5 nitrogen and oxygen atoms in total. The highest BCUT2D eigenvalue weighted by molar-refractivity contribution is 6.79. The van der Waals surface area contributed by atoms with Crippen molar-refractivity contribution in [2.24, 2.45) is 0 Å². The molecule has 0 amide bonds. The summed E-state index contributed by atoms with van der Waals surface area (Å²) in [4.78, 5) is 13.2. The first-order chi connectivity index (χ1) is 13.8. The van der Waals surface area contributed by atoms with Crippen LogP contribution in [0.2, 0.25) is 18.1 Å². The van der Waals surface area contributed by atoms with E-state index in [-0.39, 0.29) is 5.04 Å². The summed E-state index contributed by atoms with van der Waals surface area (Å²) < 4.78 is 8.34. The Kier molecular flexibility index (Phi) is 4.74. The third kappa shape index (κ3) is 3.56. The molecular formula is C23H26N4OSi. The largest absolute Gasteiger partial charge is 0.424 e. The maximum Gasteiger partial charge on any atom is 0.321 e. The minimum Gasteiger partial charge on any atom is -0.424 e. The maximum atomic E-state index is 5.93. The lowest BCUT2D eigenvalue weighted by Gasteiger charge is -2.38. The van der Waals surface area contributed by atoms with Gasteiger partial charge in [-0.3, -0.25) is 0 Å². The second kappa shape index (κ2) is 7.11. The molecule has 4 aromatic rings. The minimum atomic E-state index is -1.74. The molecule has 29 heavy (non-hydrogen) atoms. The van der Waals surface area contributed by atoms with Crippen molar-refractivity contribution in [1.82, 2.24) is 19.2 Å². The second-order valence-electron chi connectivity index (χ2n) is 8.76. The van der Waals surface area contributed by atoms with E-state index in [1.165, 1.54) is 0 Å². The van der Waals surface area contributed by atoms with Crippen molar-refractivity contribution in [3.8, 4) is 22.9 Å². The lowest BCUT2D eigenvalue weighted by molar-refractivity contribution is 0.443. The topological polar surface area (TPSA) is 52.8 Å². The Hall–Kier alpha value is -2.99. The lowest BCUT2D eigenvalue weighted by Crippen LogP contribution is -2.45. The van der Waals surface area contributed by atoms with Gasteiger partial charge in [-0.05, 0) is 35.5 Å².